The Morgan fingerprint density at radius 2 is 1.42 bits per heavy atom. The highest BCUT2D eigenvalue weighted by Gasteiger charge is 2.28. The number of nitrogens with two attached hydrogens (primary N) is 1. The summed E-state index contributed by atoms with van der Waals surface area (Å²) in [5, 5.41) is 0. The Hall–Kier alpha value is -0.570. The first kappa shape index (κ1) is 18.4. The SMILES string of the molecule is CCCCCCCCCCC[C@@](C)(N)C(=O)OCC. The standard InChI is InChI=1S/C16H33NO2/c1-4-6-7-8-9-10-11-12-13-14-16(3,17)15(18)19-5-2/h4-14,17H2,1-3H3/t16-/m1/s1. The van der Waals surface area contributed by atoms with Crippen LogP contribution in [0.3, 0.4) is 0 Å². The smallest absolute Gasteiger partial charge is 0.325 e. The van der Waals surface area contributed by atoms with Crippen molar-refractivity contribution in [3.63, 3.8) is 0 Å². The Morgan fingerprint density at radius 1 is 0.947 bits per heavy atom. The number of esters is 1. The first-order chi connectivity index (χ1) is 9.04. The van der Waals surface area contributed by atoms with Gasteiger partial charge in [0, 0.05) is 0 Å². The lowest BCUT2D eigenvalue weighted by molar-refractivity contribution is -0.149. The van der Waals surface area contributed by atoms with Gasteiger partial charge in [0.15, 0.2) is 0 Å². The van der Waals surface area contributed by atoms with Gasteiger partial charge in [-0.3, -0.25) is 4.79 Å². The van der Waals surface area contributed by atoms with E-state index in [4.69, 9.17) is 10.5 Å². The quantitative estimate of drug-likeness (QED) is 0.428. The Bertz CT molecular complexity index is 227. The lowest BCUT2D eigenvalue weighted by Gasteiger charge is -2.21. The largest absolute Gasteiger partial charge is 0.465 e. The molecule has 0 spiro atoms. The molecule has 0 radical (unpaired) electrons. The number of unbranched alkanes of at least 4 members (excludes halogenated alkanes) is 8. The van der Waals surface area contributed by atoms with Gasteiger partial charge in [-0.15, -0.1) is 0 Å². The molecule has 0 aliphatic carbocycles. The molecule has 0 unspecified atom stereocenters. The van der Waals surface area contributed by atoms with Crippen LogP contribution in [0.15, 0.2) is 0 Å². The van der Waals surface area contributed by atoms with Crippen molar-refractivity contribution < 1.29 is 9.53 Å². The zero-order chi connectivity index (χ0) is 14.6. The highest BCUT2D eigenvalue weighted by Crippen LogP contribution is 2.16. The zero-order valence-corrected chi connectivity index (χ0v) is 13.2. The highest BCUT2D eigenvalue weighted by atomic mass is 16.5. The van der Waals surface area contributed by atoms with E-state index in [0.717, 1.165) is 12.8 Å². The molecule has 0 aromatic heterocycles. The summed E-state index contributed by atoms with van der Waals surface area (Å²) >= 11 is 0. The molecule has 0 rings (SSSR count). The molecule has 1 atom stereocenters. The molecule has 0 aromatic carbocycles. The van der Waals surface area contributed by atoms with Gasteiger partial charge >= 0.3 is 5.97 Å². The highest BCUT2D eigenvalue weighted by molar-refractivity contribution is 5.79. The van der Waals surface area contributed by atoms with Crippen molar-refractivity contribution in [3.05, 3.63) is 0 Å². The maximum absolute atomic E-state index is 11.6. The van der Waals surface area contributed by atoms with Gasteiger partial charge in [-0.25, -0.2) is 0 Å². The summed E-state index contributed by atoms with van der Waals surface area (Å²) < 4.78 is 4.98. The second-order valence-electron chi connectivity index (χ2n) is 5.72. The van der Waals surface area contributed by atoms with Gasteiger partial charge in [-0.05, 0) is 20.3 Å². The summed E-state index contributed by atoms with van der Waals surface area (Å²) in [5.41, 5.74) is 5.16. The van der Waals surface area contributed by atoms with Crippen LogP contribution in [-0.4, -0.2) is 18.1 Å². The Morgan fingerprint density at radius 3 is 1.89 bits per heavy atom. The topological polar surface area (TPSA) is 52.3 Å². The van der Waals surface area contributed by atoms with Crippen molar-refractivity contribution in [2.75, 3.05) is 6.61 Å². The third-order valence-corrected chi connectivity index (χ3v) is 3.54. The molecule has 0 fully saturated rings. The van der Waals surface area contributed by atoms with Gasteiger partial charge < -0.3 is 10.5 Å². The predicted molar refractivity (Wildman–Crippen MR) is 81.1 cm³/mol. The fourth-order valence-corrected chi connectivity index (χ4v) is 2.20. The zero-order valence-electron chi connectivity index (χ0n) is 13.2. The minimum absolute atomic E-state index is 0.269. The minimum Gasteiger partial charge on any atom is -0.465 e. The van der Waals surface area contributed by atoms with Crippen LogP contribution in [0.25, 0.3) is 0 Å². The molecular weight excluding hydrogens is 238 g/mol. The van der Waals surface area contributed by atoms with E-state index in [0.29, 0.717) is 6.61 Å². The second-order valence-corrected chi connectivity index (χ2v) is 5.72. The molecule has 0 saturated heterocycles. The molecule has 3 nitrogen and oxygen atoms in total. The van der Waals surface area contributed by atoms with Crippen LogP contribution in [-0.2, 0) is 9.53 Å². The van der Waals surface area contributed by atoms with Gasteiger partial charge in [0.1, 0.15) is 5.54 Å². The van der Waals surface area contributed by atoms with Gasteiger partial charge in [-0.2, -0.15) is 0 Å². The summed E-state index contributed by atoms with van der Waals surface area (Å²) in [6, 6.07) is 0. The van der Waals surface area contributed by atoms with E-state index in [1.807, 2.05) is 6.92 Å². The van der Waals surface area contributed by atoms with E-state index in [-0.39, 0.29) is 5.97 Å². The number of hydrogen-bond donors (Lipinski definition) is 1. The maximum atomic E-state index is 11.6. The van der Waals surface area contributed by atoms with Crippen molar-refractivity contribution in [3.8, 4) is 0 Å². The summed E-state index contributed by atoms with van der Waals surface area (Å²) in [5.74, 6) is -0.269. The maximum Gasteiger partial charge on any atom is 0.325 e. The lowest BCUT2D eigenvalue weighted by Crippen LogP contribution is -2.46. The first-order valence-electron chi connectivity index (χ1n) is 8.00. The van der Waals surface area contributed by atoms with Gasteiger partial charge in [0.2, 0.25) is 0 Å². The van der Waals surface area contributed by atoms with Gasteiger partial charge in [0.25, 0.3) is 0 Å². The van der Waals surface area contributed by atoms with Crippen LogP contribution in [0, 0.1) is 0 Å². The van der Waals surface area contributed by atoms with Crippen LogP contribution in [0.2, 0.25) is 0 Å². The molecule has 0 aromatic rings. The Labute approximate surface area is 119 Å². The molecule has 2 N–H and O–H groups in total. The van der Waals surface area contributed by atoms with Crippen molar-refractivity contribution in [2.24, 2.45) is 5.73 Å². The number of ether oxygens (including phenoxy) is 1. The van der Waals surface area contributed by atoms with E-state index < -0.39 is 5.54 Å². The van der Waals surface area contributed by atoms with Crippen molar-refractivity contribution in [1.82, 2.24) is 0 Å². The van der Waals surface area contributed by atoms with Gasteiger partial charge in [-0.1, -0.05) is 64.7 Å². The second kappa shape index (κ2) is 11.3. The summed E-state index contributed by atoms with van der Waals surface area (Å²) in [4.78, 5) is 11.6. The van der Waals surface area contributed by atoms with E-state index >= 15 is 0 Å². The van der Waals surface area contributed by atoms with Gasteiger partial charge in [0.05, 0.1) is 6.61 Å². The third-order valence-electron chi connectivity index (χ3n) is 3.54. The predicted octanol–water partition coefficient (Wildman–Crippen LogP) is 4.19. The molecule has 3 heteroatoms. The Balaban J connectivity index is 3.45. The summed E-state index contributed by atoms with van der Waals surface area (Å²) in [6.07, 6.45) is 12.2. The van der Waals surface area contributed by atoms with Crippen LogP contribution in [0.1, 0.15) is 85.0 Å². The fourth-order valence-electron chi connectivity index (χ4n) is 2.20. The van der Waals surface area contributed by atoms with Crippen molar-refractivity contribution in [2.45, 2.75) is 90.5 Å². The third kappa shape index (κ3) is 9.94. The number of carbonyl (C=O) groups excluding carboxylic acids is 1. The summed E-state index contributed by atoms with van der Waals surface area (Å²) in [7, 11) is 0. The first-order valence-corrected chi connectivity index (χ1v) is 8.00. The molecule has 0 saturated carbocycles. The van der Waals surface area contributed by atoms with Crippen LogP contribution < -0.4 is 5.73 Å². The van der Waals surface area contributed by atoms with Crippen molar-refractivity contribution in [1.29, 1.82) is 0 Å². The van der Waals surface area contributed by atoms with E-state index in [9.17, 15) is 4.79 Å². The van der Waals surface area contributed by atoms with Crippen LogP contribution in [0.4, 0.5) is 0 Å². The monoisotopic (exact) mass is 271 g/mol. The molecule has 0 aliphatic rings. The molecule has 19 heavy (non-hydrogen) atoms. The average molecular weight is 271 g/mol. The van der Waals surface area contributed by atoms with E-state index in [1.165, 1.54) is 51.4 Å². The van der Waals surface area contributed by atoms with Crippen LogP contribution >= 0.6 is 0 Å². The molecule has 0 aliphatic heterocycles. The molecule has 0 amide bonds. The average Bonchev–Trinajstić information content (AvgIpc) is 2.37. The number of hydrogen-bond acceptors (Lipinski definition) is 3. The molecular formula is C16H33NO2. The molecule has 114 valence electrons. The number of carbonyl (C=O) groups is 1. The summed E-state index contributed by atoms with van der Waals surface area (Å²) in [6.45, 7) is 6.24. The molecule has 0 heterocycles. The van der Waals surface area contributed by atoms with E-state index in [2.05, 4.69) is 6.92 Å². The lowest BCUT2D eigenvalue weighted by atomic mass is 9.95. The van der Waals surface area contributed by atoms with Crippen molar-refractivity contribution >= 4 is 5.97 Å². The van der Waals surface area contributed by atoms with Crippen LogP contribution in [0.5, 0.6) is 0 Å². The fraction of sp³-hybridized carbons (Fsp3) is 0.938. The minimum atomic E-state index is -0.808. The molecule has 0 bridgehead atoms. The number of rotatable bonds is 12. The Kier molecular flexibility index (Phi) is 10.9. The van der Waals surface area contributed by atoms with E-state index in [1.54, 1.807) is 6.92 Å². The normalized spacial score (nSPS) is 14.1.